The van der Waals surface area contributed by atoms with E-state index in [2.05, 4.69) is 11.9 Å². The maximum atomic E-state index is 10.7. The molecule has 3 N–H and O–H groups in total. The fourth-order valence-electron chi connectivity index (χ4n) is 2.66. The molecule has 18 heavy (non-hydrogen) atoms. The van der Waals surface area contributed by atoms with E-state index in [0.717, 1.165) is 38.1 Å². The first-order chi connectivity index (χ1) is 8.73. The molecule has 0 saturated carbocycles. The van der Waals surface area contributed by atoms with Crippen molar-refractivity contribution in [3.05, 3.63) is 18.2 Å². The number of aryl methyl sites for hydroxylation is 1. The summed E-state index contributed by atoms with van der Waals surface area (Å²) in [6.07, 6.45) is 5.79. The van der Waals surface area contributed by atoms with Gasteiger partial charge in [-0.15, -0.1) is 0 Å². The number of ether oxygens (including phenoxy) is 1. The maximum absolute atomic E-state index is 10.7. The van der Waals surface area contributed by atoms with Gasteiger partial charge in [0.2, 0.25) is 0 Å². The van der Waals surface area contributed by atoms with Crippen LogP contribution in [0.1, 0.15) is 38.0 Å². The Bertz CT molecular complexity index is 372. The summed E-state index contributed by atoms with van der Waals surface area (Å²) in [5, 5.41) is 10.7. The van der Waals surface area contributed by atoms with E-state index in [1.165, 1.54) is 0 Å². The van der Waals surface area contributed by atoms with Crippen molar-refractivity contribution >= 4 is 0 Å². The molecule has 1 aromatic rings. The molecular weight excluding hydrogens is 230 g/mol. The number of nitrogens with zero attached hydrogens (tertiary/aromatic N) is 2. The third kappa shape index (κ3) is 2.43. The third-order valence-corrected chi connectivity index (χ3v) is 3.83. The Morgan fingerprint density at radius 1 is 1.67 bits per heavy atom. The lowest BCUT2D eigenvalue weighted by Gasteiger charge is -2.40. The molecule has 1 fully saturated rings. The fourth-order valence-corrected chi connectivity index (χ4v) is 2.66. The summed E-state index contributed by atoms with van der Waals surface area (Å²) in [6, 6.07) is 0. The molecule has 0 amide bonds. The van der Waals surface area contributed by atoms with Crippen LogP contribution in [0.3, 0.4) is 0 Å². The van der Waals surface area contributed by atoms with E-state index >= 15 is 0 Å². The first kappa shape index (κ1) is 13.5. The van der Waals surface area contributed by atoms with Crippen molar-refractivity contribution in [2.45, 2.75) is 38.8 Å². The zero-order chi connectivity index (χ0) is 13.0. The Kier molecular flexibility index (Phi) is 4.37. The van der Waals surface area contributed by atoms with Crippen LogP contribution in [0.2, 0.25) is 0 Å². The van der Waals surface area contributed by atoms with Gasteiger partial charge in [-0.3, -0.25) is 0 Å². The second kappa shape index (κ2) is 5.82. The first-order valence-corrected chi connectivity index (χ1v) is 6.69. The van der Waals surface area contributed by atoms with Gasteiger partial charge in [0, 0.05) is 25.1 Å². The second-order valence-electron chi connectivity index (χ2n) is 5.14. The second-order valence-corrected chi connectivity index (χ2v) is 5.14. The minimum Gasteiger partial charge on any atom is -0.386 e. The van der Waals surface area contributed by atoms with Gasteiger partial charge in [0.1, 0.15) is 6.10 Å². The number of aromatic nitrogens is 2. The van der Waals surface area contributed by atoms with Gasteiger partial charge in [-0.05, 0) is 19.3 Å². The summed E-state index contributed by atoms with van der Waals surface area (Å²) < 4.78 is 7.54. The van der Waals surface area contributed by atoms with E-state index in [1.54, 1.807) is 12.5 Å². The Hall–Kier alpha value is -0.910. The molecule has 2 heterocycles. The average Bonchev–Trinajstić information content (AvgIpc) is 2.87. The van der Waals surface area contributed by atoms with E-state index in [4.69, 9.17) is 10.5 Å². The zero-order valence-electron chi connectivity index (χ0n) is 11.0. The largest absolute Gasteiger partial charge is 0.386 e. The molecule has 1 saturated heterocycles. The number of aliphatic hydroxyl groups is 1. The molecule has 5 nitrogen and oxygen atoms in total. The molecule has 1 aliphatic rings. The fraction of sp³-hybridized carbons (Fsp3) is 0.769. The molecule has 0 aliphatic carbocycles. The monoisotopic (exact) mass is 253 g/mol. The van der Waals surface area contributed by atoms with Gasteiger partial charge in [-0.25, -0.2) is 4.98 Å². The highest BCUT2D eigenvalue weighted by atomic mass is 16.5. The minimum atomic E-state index is -0.600. The quantitative estimate of drug-likeness (QED) is 0.823. The first-order valence-electron chi connectivity index (χ1n) is 6.69. The lowest BCUT2D eigenvalue weighted by Crippen LogP contribution is -2.44. The number of rotatable bonds is 5. The predicted molar refractivity (Wildman–Crippen MR) is 69.0 cm³/mol. The molecule has 0 spiro atoms. The highest BCUT2D eigenvalue weighted by Gasteiger charge is 2.40. The lowest BCUT2D eigenvalue weighted by molar-refractivity contribution is -0.0808. The van der Waals surface area contributed by atoms with Crippen molar-refractivity contribution < 1.29 is 9.84 Å². The van der Waals surface area contributed by atoms with Crippen LogP contribution in [0, 0.1) is 5.41 Å². The van der Waals surface area contributed by atoms with E-state index in [0.29, 0.717) is 13.2 Å². The molecule has 0 radical (unpaired) electrons. The van der Waals surface area contributed by atoms with Gasteiger partial charge in [0.05, 0.1) is 24.8 Å². The average molecular weight is 253 g/mol. The summed E-state index contributed by atoms with van der Waals surface area (Å²) >= 11 is 0. The van der Waals surface area contributed by atoms with E-state index < -0.39 is 6.10 Å². The van der Waals surface area contributed by atoms with Gasteiger partial charge in [0.15, 0.2) is 0 Å². The smallest absolute Gasteiger partial charge is 0.105 e. The van der Waals surface area contributed by atoms with Crippen molar-refractivity contribution in [3.63, 3.8) is 0 Å². The predicted octanol–water partition coefficient (Wildman–Crippen LogP) is 1.08. The molecule has 1 aromatic heterocycles. The van der Waals surface area contributed by atoms with Gasteiger partial charge >= 0.3 is 0 Å². The van der Waals surface area contributed by atoms with Crippen molar-refractivity contribution in [1.82, 2.24) is 9.55 Å². The minimum absolute atomic E-state index is 0.357. The van der Waals surface area contributed by atoms with Crippen molar-refractivity contribution in [2.24, 2.45) is 11.1 Å². The van der Waals surface area contributed by atoms with Gasteiger partial charge in [-0.2, -0.15) is 0 Å². The summed E-state index contributed by atoms with van der Waals surface area (Å²) in [4.78, 5) is 4.14. The van der Waals surface area contributed by atoms with E-state index in [-0.39, 0.29) is 5.41 Å². The molecule has 102 valence electrons. The Morgan fingerprint density at radius 3 is 3.11 bits per heavy atom. The van der Waals surface area contributed by atoms with Crippen LogP contribution < -0.4 is 5.73 Å². The Morgan fingerprint density at radius 2 is 2.50 bits per heavy atom. The van der Waals surface area contributed by atoms with E-state index in [9.17, 15) is 5.11 Å². The molecule has 2 rings (SSSR count). The number of aliphatic hydroxyl groups excluding tert-OH is 1. The Labute approximate surface area is 108 Å². The molecule has 2 atom stereocenters. The normalized spacial score (nSPS) is 26.2. The van der Waals surface area contributed by atoms with Crippen molar-refractivity contribution in [2.75, 3.05) is 19.8 Å². The lowest BCUT2D eigenvalue weighted by atomic mass is 9.76. The number of hydrogen-bond acceptors (Lipinski definition) is 4. The van der Waals surface area contributed by atoms with Crippen molar-refractivity contribution in [1.29, 1.82) is 0 Å². The summed E-state index contributed by atoms with van der Waals surface area (Å²) in [5.74, 6) is 0. The van der Waals surface area contributed by atoms with Crippen LogP contribution in [-0.2, 0) is 11.3 Å². The third-order valence-electron chi connectivity index (χ3n) is 3.83. The van der Waals surface area contributed by atoms with Crippen LogP contribution in [0.5, 0.6) is 0 Å². The maximum Gasteiger partial charge on any atom is 0.105 e. The van der Waals surface area contributed by atoms with Gasteiger partial charge in [-0.1, -0.05) is 6.92 Å². The van der Waals surface area contributed by atoms with E-state index in [1.807, 2.05) is 4.57 Å². The molecule has 1 aliphatic heterocycles. The zero-order valence-corrected chi connectivity index (χ0v) is 11.0. The van der Waals surface area contributed by atoms with Crippen LogP contribution in [0.4, 0.5) is 0 Å². The van der Waals surface area contributed by atoms with Crippen LogP contribution >= 0.6 is 0 Å². The van der Waals surface area contributed by atoms with Crippen LogP contribution in [-0.4, -0.2) is 34.4 Å². The summed E-state index contributed by atoms with van der Waals surface area (Å²) in [6.45, 7) is 4.71. The summed E-state index contributed by atoms with van der Waals surface area (Å²) in [7, 11) is 0. The number of imidazole rings is 1. The van der Waals surface area contributed by atoms with Crippen LogP contribution in [0.15, 0.2) is 12.5 Å². The van der Waals surface area contributed by atoms with Crippen LogP contribution in [0.25, 0.3) is 0 Å². The molecule has 0 bridgehead atoms. The topological polar surface area (TPSA) is 73.3 Å². The molecular formula is C13H23N3O2. The molecule has 5 heteroatoms. The molecule has 2 unspecified atom stereocenters. The Balaban J connectivity index is 2.22. The highest BCUT2D eigenvalue weighted by molar-refractivity contribution is 5.09. The SMILES string of the molecule is CCCn1cncc1C(O)C1(CN)CCCOC1. The van der Waals surface area contributed by atoms with Crippen molar-refractivity contribution in [3.8, 4) is 0 Å². The summed E-state index contributed by atoms with van der Waals surface area (Å²) in [5.41, 5.74) is 6.40. The standard InChI is InChI=1S/C13H23N3O2/c1-2-5-16-10-15-7-11(16)12(17)13(8-14)4-3-6-18-9-13/h7,10,12,17H,2-6,8-9,14H2,1H3. The molecule has 0 aromatic carbocycles. The highest BCUT2D eigenvalue weighted by Crippen LogP contribution is 2.39. The van der Waals surface area contributed by atoms with Gasteiger partial charge < -0.3 is 20.1 Å². The van der Waals surface area contributed by atoms with Gasteiger partial charge in [0.25, 0.3) is 0 Å². The number of hydrogen-bond donors (Lipinski definition) is 2. The number of nitrogens with two attached hydrogens (primary N) is 1.